The van der Waals surface area contributed by atoms with Crippen molar-refractivity contribution in [3.05, 3.63) is 217 Å². The Morgan fingerprint density at radius 2 is 0.964 bits per heavy atom. The van der Waals surface area contributed by atoms with Crippen molar-refractivity contribution in [1.82, 2.24) is 14.5 Å². The van der Waals surface area contributed by atoms with Crippen LogP contribution >= 0.6 is 0 Å². The second-order valence-electron chi connectivity index (χ2n) is 14.2. The second kappa shape index (κ2) is 13.1. The number of nitrogens with one attached hydrogen (secondary N) is 1. The maximum atomic E-state index is 5.45. The summed E-state index contributed by atoms with van der Waals surface area (Å²) in [6, 6.07) is 70.9. The van der Waals surface area contributed by atoms with Gasteiger partial charge in [-0.05, 0) is 71.3 Å². The number of hydrogen-bond acceptors (Lipinski definition) is 3. The molecule has 10 aromatic rings. The van der Waals surface area contributed by atoms with E-state index in [1.165, 1.54) is 21.5 Å². The minimum atomic E-state index is -0.335. The molecule has 1 unspecified atom stereocenters. The summed E-state index contributed by atoms with van der Waals surface area (Å²) < 4.78 is 4.75. The lowest BCUT2D eigenvalue weighted by atomic mass is 9.92. The van der Waals surface area contributed by atoms with E-state index in [1.54, 1.807) is 0 Å². The number of amidine groups is 2. The van der Waals surface area contributed by atoms with Gasteiger partial charge in [-0.25, -0.2) is 9.98 Å². The van der Waals surface area contributed by atoms with E-state index in [-0.39, 0.29) is 6.17 Å². The number of aliphatic imine (C=N–C) groups is 2. The molecular formula is C51H35N5. The third-order valence-electron chi connectivity index (χ3n) is 11.0. The molecule has 2 aromatic heterocycles. The number of benzene rings is 8. The summed E-state index contributed by atoms with van der Waals surface area (Å²) >= 11 is 0. The van der Waals surface area contributed by atoms with E-state index >= 15 is 0 Å². The topological polar surface area (TPSA) is 46.6 Å². The molecule has 11 rings (SSSR count). The average molecular weight is 718 g/mol. The fourth-order valence-corrected chi connectivity index (χ4v) is 8.50. The largest absolute Gasteiger partial charge is 0.344 e. The Bertz CT molecular complexity index is 3140. The zero-order valence-corrected chi connectivity index (χ0v) is 30.4. The van der Waals surface area contributed by atoms with Gasteiger partial charge in [0.2, 0.25) is 0 Å². The molecule has 1 aliphatic rings. The smallest absolute Gasteiger partial charge is 0.160 e. The van der Waals surface area contributed by atoms with Crippen LogP contribution in [0, 0.1) is 0 Å². The first-order valence-electron chi connectivity index (χ1n) is 19.0. The van der Waals surface area contributed by atoms with Crippen LogP contribution in [0.1, 0.15) is 22.9 Å². The van der Waals surface area contributed by atoms with E-state index in [9.17, 15) is 0 Å². The molecule has 56 heavy (non-hydrogen) atoms. The fourth-order valence-electron chi connectivity index (χ4n) is 8.50. The Labute approximate surface area is 324 Å². The first-order valence-corrected chi connectivity index (χ1v) is 19.0. The van der Waals surface area contributed by atoms with Gasteiger partial charge in [0.1, 0.15) is 12.0 Å². The summed E-state index contributed by atoms with van der Waals surface area (Å²) in [4.78, 5) is 10.8. The quantitative estimate of drug-likeness (QED) is 0.183. The van der Waals surface area contributed by atoms with Gasteiger partial charge >= 0.3 is 0 Å². The van der Waals surface area contributed by atoms with Crippen LogP contribution in [0.15, 0.2) is 210 Å². The molecule has 1 atom stereocenters. The van der Waals surface area contributed by atoms with E-state index in [2.05, 4.69) is 203 Å². The number of hydrogen-bond donors (Lipinski definition) is 1. The summed E-state index contributed by atoms with van der Waals surface area (Å²) in [7, 11) is 0. The third-order valence-corrected chi connectivity index (χ3v) is 11.0. The lowest BCUT2D eigenvalue weighted by Crippen LogP contribution is -2.33. The average Bonchev–Trinajstić information content (AvgIpc) is 3.79. The number of fused-ring (bicyclic) bond motifs is 6. The van der Waals surface area contributed by atoms with Crippen molar-refractivity contribution in [1.29, 1.82) is 0 Å². The van der Waals surface area contributed by atoms with Crippen molar-refractivity contribution in [3.8, 4) is 22.5 Å². The number of aromatic nitrogens is 2. The molecule has 0 radical (unpaired) electrons. The monoisotopic (exact) mass is 717 g/mol. The molecule has 3 heterocycles. The number of rotatable bonds is 6. The van der Waals surface area contributed by atoms with Gasteiger partial charge in [-0.1, -0.05) is 146 Å². The molecule has 8 aromatic carbocycles. The van der Waals surface area contributed by atoms with Crippen LogP contribution in [0.2, 0.25) is 0 Å². The third kappa shape index (κ3) is 5.17. The Kier molecular flexibility index (Phi) is 7.49. The molecule has 264 valence electrons. The lowest BCUT2D eigenvalue weighted by Gasteiger charge is -2.24. The van der Waals surface area contributed by atoms with Gasteiger partial charge in [-0.3, -0.25) is 0 Å². The van der Waals surface area contributed by atoms with E-state index in [0.29, 0.717) is 5.84 Å². The molecule has 0 spiro atoms. The summed E-state index contributed by atoms with van der Waals surface area (Å²) in [5.41, 5.74) is 12.1. The lowest BCUT2D eigenvalue weighted by molar-refractivity contribution is 0.674. The molecule has 0 fully saturated rings. The van der Waals surface area contributed by atoms with Crippen molar-refractivity contribution in [2.45, 2.75) is 6.17 Å². The van der Waals surface area contributed by atoms with Gasteiger partial charge in [0.05, 0.1) is 22.1 Å². The standard InChI is InChI=1S/C51H35N5/c1-5-18-34(19-6-1)49-52-50(35-20-7-2-8-21-35)54-51(53-49)43-33-47-42(38-26-13-15-29-44(38)56(47)37-24-11-4-12-25-37)32-41(43)39-28-17-31-46-48(39)40-27-14-16-30-45(40)55(46)36-22-9-3-10-23-36/h1-33,49H,(H,52,53,54). The molecule has 1 N–H and O–H groups in total. The minimum absolute atomic E-state index is 0.335. The molecule has 0 saturated heterocycles. The Hall–Kier alpha value is -7.50. The molecule has 1 aliphatic heterocycles. The molecule has 5 nitrogen and oxygen atoms in total. The van der Waals surface area contributed by atoms with Crippen LogP contribution in [0.25, 0.3) is 66.1 Å². The summed E-state index contributed by atoms with van der Waals surface area (Å²) in [5, 5.41) is 8.43. The van der Waals surface area contributed by atoms with Gasteiger partial charge in [-0.2, -0.15) is 0 Å². The highest BCUT2D eigenvalue weighted by molar-refractivity contribution is 6.23. The molecule has 5 heteroatoms. The van der Waals surface area contributed by atoms with Crippen molar-refractivity contribution in [3.63, 3.8) is 0 Å². The van der Waals surface area contributed by atoms with E-state index < -0.39 is 0 Å². The van der Waals surface area contributed by atoms with Crippen molar-refractivity contribution in [2.75, 3.05) is 0 Å². The highest BCUT2D eigenvalue weighted by atomic mass is 15.2. The molecule has 0 amide bonds. The Morgan fingerprint density at radius 1 is 0.411 bits per heavy atom. The van der Waals surface area contributed by atoms with E-state index in [1.807, 2.05) is 12.1 Å². The van der Waals surface area contributed by atoms with E-state index in [4.69, 9.17) is 9.98 Å². The van der Waals surface area contributed by atoms with Crippen LogP contribution in [-0.4, -0.2) is 20.8 Å². The first kappa shape index (κ1) is 32.0. The second-order valence-corrected chi connectivity index (χ2v) is 14.2. The van der Waals surface area contributed by atoms with Gasteiger partial charge in [0.15, 0.2) is 5.84 Å². The van der Waals surface area contributed by atoms with Gasteiger partial charge in [0.25, 0.3) is 0 Å². The predicted molar refractivity (Wildman–Crippen MR) is 232 cm³/mol. The number of para-hydroxylation sites is 4. The normalized spacial score (nSPS) is 14.2. The van der Waals surface area contributed by atoms with Crippen LogP contribution in [0.3, 0.4) is 0 Å². The van der Waals surface area contributed by atoms with Crippen LogP contribution in [0.4, 0.5) is 0 Å². The minimum Gasteiger partial charge on any atom is -0.344 e. The summed E-state index contributed by atoms with van der Waals surface area (Å²) in [5.74, 6) is 1.47. The van der Waals surface area contributed by atoms with Gasteiger partial charge in [-0.15, -0.1) is 0 Å². The van der Waals surface area contributed by atoms with Gasteiger partial charge < -0.3 is 14.5 Å². The van der Waals surface area contributed by atoms with Crippen LogP contribution < -0.4 is 5.32 Å². The molecule has 0 saturated carbocycles. The van der Waals surface area contributed by atoms with Gasteiger partial charge in [0, 0.05) is 44.0 Å². The number of nitrogens with zero attached hydrogens (tertiary/aromatic N) is 4. The van der Waals surface area contributed by atoms with Crippen LogP contribution in [0.5, 0.6) is 0 Å². The maximum Gasteiger partial charge on any atom is 0.160 e. The Balaban J connectivity index is 1.27. The van der Waals surface area contributed by atoms with Crippen LogP contribution in [-0.2, 0) is 0 Å². The first-order chi connectivity index (χ1) is 27.8. The Morgan fingerprint density at radius 3 is 1.66 bits per heavy atom. The highest BCUT2D eigenvalue weighted by Gasteiger charge is 2.26. The fraction of sp³-hybridized carbons (Fsp3) is 0.0196. The predicted octanol–water partition coefficient (Wildman–Crippen LogP) is 12.0. The zero-order valence-electron chi connectivity index (χ0n) is 30.4. The highest BCUT2D eigenvalue weighted by Crippen LogP contribution is 2.43. The molecule has 0 aliphatic carbocycles. The maximum absolute atomic E-state index is 5.45. The van der Waals surface area contributed by atoms with E-state index in [0.717, 1.165) is 67.1 Å². The SMILES string of the molecule is c1ccc(C2=NC(c3cc4c(cc3-c3cccc5c3c3ccccc3n5-c3ccccc3)c3ccccc3n4-c3ccccc3)=NC(c3ccccc3)N2)cc1. The van der Waals surface area contributed by atoms with Crippen molar-refractivity contribution in [2.24, 2.45) is 9.98 Å². The summed E-state index contributed by atoms with van der Waals surface area (Å²) in [6.07, 6.45) is -0.335. The summed E-state index contributed by atoms with van der Waals surface area (Å²) in [6.45, 7) is 0. The van der Waals surface area contributed by atoms with Crippen molar-refractivity contribution >= 4 is 55.3 Å². The molecule has 0 bridgehead atoms. The van der Waals surface area contributed by atoms with Crippen molar-refractivity contribution < 1.29 is 0 Å². The zero-order chi connectivity index (χ0) is 37.0. The molecular weight excluding hydrogens is 683 g/mol.